The van der Waals surface area contributed by atoms with Gasteiger partial charge in [0, 0.05) is 22.9 Å². The highest BCUT2D eigenvalue weighted by atomic mass is 35.5. The molecule has 0 saturated carbocycles. The Kier molecular flexibility index (Phi) is 3.88. The van der Waals surface area contributed by atoms with Gasteiger partial charge in [-0.2, -0.15) is 4.80 Å². The van der Waals surface area contributed by atoms with Gasteiger partial charge in [0.25, 0.3) is 0 Å². The topological polar surface area (TPSA) is 63.9 Å². The van der Waals surface area contributed by atoms with Crippen LogP contribution in [0.5, 0.6) is 0 Å². The zero-order valence-electron chi connectivity index (χ0n) is 10.6. The van der Waals surface area contributed by atoms with Gasteiger partial charge in [-0.1, -0.05) is 11.6 Å². The molecule has 1 fully saturated rings. The first-order valence-corrected chi connectivity index (χ1v) is 7.65. The summed E-state index contributed by atoms with van der Waals surface area (Å²) in [6.07, 6.45) is 0. The van der Waals surface area contributed by atoms with Gasteiger partial charge in [-0.15, -0.1) is 22.0 Å². The number of amides is 1. The van der Waals surface area contributed by atoms with Gasteiger partial charge in [0.2, 0.25) is 11.7 Å². The summed E-state index contributed by atoms with van der Waals surface area (Å²) < 4.78 is 0. The van der Waals surface area contributed by atoms with Crippen molar-refractivity contribution in [2.24, 2.45) is 0 Å². The maximum Gasteiger partial charge on any atom is 0.246 e. The van der Waals surface area contributed by atoms with Crippen molar-refractivity contribution in [1.82, 2.24) is 25.1 Å². The molecule has 0 atom stereocenters. The molecule has 0 N–H and O–H groups in total. The quantitative estimate of drug-likeness (QED) is 0.860. The highest BCUT2D eigenvalue weighted by Gasteiger charge is 2.19. The Bertz CT molecular complexity index is 609. The fourth-order valence-corrected chi connectivity index (χ4v) is 2.95. The molecule has 0 aliphatic carbocycles. The second-order valence-electron chi connectivity index (χ2n) is 4.34. The third-order valence-electron chi connectivity index (χ3n) is 2.94. The van der Waals surface area contributed by atoms with E-state index in [4.69, 9.17) is 11.6 Å². The van der Waals surface area contributed by atoms with E-state index in [1.807, 2.05) is 12.1 Å². The number of tetrazole rings is 1. The average molecular weight is 310 g/mol. The Morgan fingerprint density at radius 1 is 1.35 bits per heavy atom. The van der Waals surface area contributed by atoms with E-state index in [0.717, 1.165) is 23.7 Å². The Morgan fingerprint density at radius 2 is 2.15 bits per heavy atom. The van der Waals surface area contributed by atoms with Crippen molar-refractivity contribution in [3.8, 4) is 11.4 Å². The van der Waals surface area contributed by atoms with Crippen molar-refractivity contribution >= 4 is 29.3 Å². The van der Waals surface area contributed by atoms with Crippen LogP contribution in [0.25, 0.3) is 11.4 Å². The van der Waals surface area contributed by atoms with E-state index >= 15 is 0 Å². The molecule has 0 spiro atoms. The standard InChI is InChI=1S/C12H12ClN5OS/c13-10-3-1-9(2-4-10)12-14-16-18(15-12)7-11(19)17-5-6-20-8-17/h1-4H,5-8H2. The van der Waals surface area contributed by atoms with Crippen molar-refractivity contribution in [3.63, 3.8) is 0 Å². The molecular weight excluding hydrogens is 298 g/mol. The number of rotatable bonds is 3. The van der Waals surface area contributed by atoms with E-state index in [2.05, 4.69) is 15.4 Å². The summed E-state index contributed by atoms with van der Waals surface area (Å²) in [5.74, 6) is 2.25. The van der Waals surface area contributed by atoms with Crippen molar-refractivity contribution in [2.45, 2.75) is 6.54 Å². The Hall–Kier alpha value is -1.60. The van der Waals surface area contributed by atoms with Gasteiger partial charge in [-0.05, 0) is 29.5 Å². The lowest BCUT2D eigenvalue weighted by Crippen LogP contribution is -2.31. The zero-order chi connectivity index (χ0) is 13.9. The van der Waals surface area contributed by atoms with E-state index in [1.54, 1.807) is 28.8 Å². The predicted octanol–water partition coefficient (Wildman–Crippen LogP) is 1.53. The minimum absolute atomic E-state index is 0.0232. The van der Waals surface area contributed by atoms with Crippen LogP contribution in [0.4, 0.5) is 0 Å². The van der Waals surface area contributed by atoms with E-state index in [-0.39, 0.29) is 12.5 Å². The smallest absolute Gasteiger partial charge is 0.246 e. The summed E-state index contributed by atoms with van der Waals surface area (Å²) in [6.45, 7) is 0.920. The highest BCUT2D eigenvalue weighted by molar-refractivity contribution is 7.99. The van der Waals surface area contributed by atoms with Crippen LogP contribution in [0.2, 0.25) is 5.02 Å². The third kappa shape index (κ3) is 2.94. The van der Waals surface area contributed by atoms with Gasteiger partial charge < -0.3 is 4.90 Å². The van der Waals surface area contributed by atoms with Gasteiger partial charge in [-0.3, -0.25) is 4.79 Å². The molecule has 20 heavy (non-hydrogen) atoms. The maximum absolute atomic E-state index is 12.0. The fraction of sp³-hybridized carbons (Fsp3) is 0.333. The number of hydrogen-bond acceptors (Lipinski definition) is 5. The lowest BCUT2D eigenvalue weighted by Gasteiger charge is -2.12. The number of halogens is 1. The number of carbonyl (C=O) groups is 1. The summed E-state index contributed by atoms with van der Waals surface area (Å²) in [7, 11) is 0. The van der Waals surface area contributed by atoms with Crippen LogP contribution < -0.4 is 0 Å². The second-order valence-corrected chi connectivity index (χ2v) is 5.86. The Morgan fingerprint density at radius 3 is 2.85 bits per heavy atom. The van der Waals surface area contributed by atoms with E-state index in [1.165, 1.54) is 4.80 Å². The van der Waals surface area contributed by atoms with Crippen LogP contribution in [0.1, 0.15) is 0 Å². The molecule has 1 aliphatic rings. The first-order valence-electron chi connectivity index (χ1n) is 6.11. The summed E-state index contributed by atoms with van der Waals surface area (Å²) in [4.78, 5) is 15.1. The van der Waals surface area contributed by atoms with Crippen LogP contribution in [-0.4, -0.2) is 49.2 Å². The molecule has 1 saturated heterocycles. The normalized spacial score (nSPS) is 14.8. The number of hydrogen-bond donors (Lipinski definition) is 0. The summed E-state index contributed by atoms with van der Waals surface area (Å²) in [6, 6.07) is 7.18. The number of benzene rings is 1. The second kappa shape index (κ2) is 5.80. The van der Waals surface area contributed by atoms with Gasteiger partial charge in [-0.25, -0.2) is 0 Å². The minimum Gasteiger partial charge on any atom is -0.331 e. The monoisotopic (exact) mass is 309 g/mol. The molecule has 104 valence electrons. The van der Waals surface area contributed by atoms with Crippen molar-refractivity contribution in [3.05, 3.63) is 29.3 Å². The van der Waals surface area contributed by atoms with Crippen LogP contribution in [0, 0.1) is 0 Å². The summed E-state index contributed by atoms with van der Waals surface area (Å²) in [5.41, 5.74) is 0.824. The number of carbonyl (C=O) groups excluding carboxylic acids is 1. The van der Waals surface area contributed by atoms with Gasteiger partial charge in [0.1, 0.15) is 6.54 Å². The Labute approximate surface area is 125 Å². The van der Waals surface area contributed by atoms with Crippen molar-refractivity contribution < 1.29 is 4.79 Å². The largest absolute Gasteiger partial charge is 0.331 e. The van der Waals surface area contributed by atoms with Gasteiger partial charge >= 0.3 is 0 Å². The molecule has 2 heterocycles. The number of aromatic nitrogens is 4. The molecule has 3 rings (SSSR count). The van der Waals surface area contributed by atoms with Crippen molar-refractivity contribution in [1.29, 1.82) is 0 Å². The minimum atomic E-state index is 0.0232. The first-order chi connectivity index (χ1) is 9.72. The lowest BCUT2D eigenvalue weighted by molar-refractivity contribution is -0.130. The van der Waals surface area contributed by atoms with Gasteiger partial charge in [0.15, 0.2) is 0 Å². The molecule has 0 bridgehead atoms. The first kappa shape index (κ1) is 13.4. The number of thioether (sulfide) groups is 1. The van der Waals surface area contributed by atoms with Gasteiger partial charge in [0.05, 0.1) is 5.88 Å². The van der Waals surface area contributed by atoms with Crippen molar-refractivity contribution in [2.75, 3.05) is 18.2 Å². The maximum atomic E-state index is 12.0. The molecule has 1 aromatic carbocycles. The van der Waals surface area contributed by atoms with Crippen LogP contribution >= 0.6 is 23.4 Å². The molecule has 0 radical (unpaired) electrons. The fourth-order valence-electron chi connectivity index (χ4n) is 1.86. The molecule has 8 heteroatoms. The molecule has 1 amide bonds. The molecule has 0 unspecified atom stereocenters. The summed E-state index contributed by atoms with van der Waals surface area (Å²) in [5, 5.41) is 12.7. The van der Waals surface area contributed by atoms with Crippen LogP contribution in [0.3, 0.4) is 0 Å². The average Bonchev–Trinajstić information content (AvgIpc) is 3.10. The lowest BCUT2D eigenvalue weighted by atomic mass is 10.2. The summed E-state index contributed by atoms with van der Waals surface area (Å²) >= 11 is 7.58. The molecule has 1 aromatic heterocycles. The SMILES string of the molecule is O=C(Cn1nnc(-c2ccc(Cl)cc2)n1)N1CCSC1. The molecular formula is C12H12ClN5OS. The number of nitrogens with zero attached hydrogens (tertiary/aromatic N) is 5. The van der Waals surface area contributed by atoms with E-state index < -0.39 is 0 Å². The zero-order valence-corrected chi connectivity index (χ0v) is 12.1. The van der Waals surface area contributed by atoms with Crippen LogP contribution in [0.15, 0.2) is 24.3 Å². The third-order valence-corrected chi connectivity index (χ3v) is 4.15. The highest BCUT2D eigenvalue weighted by Crippen LogP contribution is 2.17. The molecule has 6 nitrogen and oxygen atoms in total. The van der Waals surface area contributed by atoms with Crippen LogP contribution in [-0.2, 0) is 11.3 Å². The molecule has 1 aliphatic heterocycles. The van der Waals surface area contributed by atoms with E-state index in [9.17, 15) is 4.79 Å². The predicted molar refractivity (Wildman–Crippen MR) is 77.3 cm³/mol. The Balaban J connectivity index is 1.70. The van der Waals surface area contributed by atoms with E-state index in [0.29, 0.717) is 10.8 Å². The molecule has 2 aromatic rings.